The number of aromatic nitrogens is 2. The Hall–Kier alpha value is -2.55. The van der Waals surface area contributed by atoms with E-state index >= 15 is 0 Å². The van der Waals surface area contributed by atoms with Crippen LogP contribution in [-0.2, 0) is 6.42 Å². The van der Waals surface area contributed by atoms with Crippen LogP contribution in [0.25, 0.3) is 10.9 Å². The zero-order valence-corrected chi connectivity index (χ0v) is 11.2. The van der Waals surface area contributed by atoms with Crippen molar-refractivity contribution in [3.63, 3.8) is 0 Å². The van der Waals surface area contributed by atoms with E-state index in [4.69, 9.17) is 0 Å². The molecule has 0 N–H and O–H groups in total. The van der Waals surface area contributed by atoms with Gasteiger partial charge in [0, 0.05) is 24.2 Å². The zero-order valence-electron chi connectivity index (χ0n) is 11.2. The maximum Gasteiger partial charge on any atom is 0.185 e. The third kappa shape index (κ3) is 2.43. The second kappa shape index (κ2) is 5.21. The predicted octanol–water partition coefficient (Wildman–Crippen LogP) is 3.36. The minimum absolute atomic E-state index is 0.0290. The molecule has 0 fully saturated rings. The van der Waals surface area contributed by atoms with Crippen LogP contribution in [0.15, 0.2) is 54.9 Å². The van der Waals surface area contributed by atoms with E-state index < -0.39 is 0 Å². The first-order valence-corrected chi connectivity index (χ1v) is 6.52. The van der Waals surface area contributed by atoms with E-state index in [1.807, 2.05) is 43.3 Å². The van der Waals surface area contributed by atoms with Gasteiger partial charge in [-0.3, -0.25) is 14.8 Å². The van der Waals surface area contributed by atoms with E-state index in [2.05, 4.69) is 9.97 Å². The van der Waals surface area contributed by atoms with Crippen LogP contribution in [-0.4, -0.2) is 15.8 Å². The van der Waals surface area contributed by atoms with Gasteiger partial charge in [0.15, 0.2) is 5.78 Å². The monoisotopic (exact) mass is 262 g/mol. The van der Waals surface area contributed by atoms with E-state index in [0.717, 1.165) is 22.0 Å². The number of Topliss-reactive ketones (excluding diaryl/α,β-unsaturated/α-hetero) is 1. The van der Waals surface area contributed by atoms with Crippen LogP contribution in [0.4, 0.5) is 0 Å². The van der Waals surface area contributed by atoms with Crippen molar-refractivity contribution in [1.29, 1.82) is 0 Å². The van der Waals surface area contributed by atoms with Crippen molar-refractivity contribution in [3.05, 3.63) is 71.7 Å². The topological polar surface area (TPSA) is 42.9 Å². The molecule has 3 rings (SSSR count). The normalized spacial score (nSPS) is 10.7. The van der Waals surface area contributed by atoms with Gasteiger partial charge in [0.1, 0.15) is 5.69 Å². The molecular weight excluding hydrogens is 248 g/mol. The van der Waals surface area contributed by atoms with Gasteiger partial charge in [-0.05, 0) is 36.2 Å². The molecule has 0 saturated carbocycles. The Kier molecular flexibility index (Phi) is 3.25. The van der Waals surface area contributed by atoms with E-state index in [1.165, 1.54) is 0 Å². The third-order valence-corrected chi connectivity index (χ3v) is 3.29. The van der Waals surface area contributed by atoms with Crippen LogP contribution >= 0.6 is 0 Å². The Morgan fingerprint density at radius 2 is 1.90 bits per heavy atom. The molecule has 0 spiro atoms. The smallest absolute Gasteiger partial charge is 0.185 e. The van der Waals surface area contributed by atoms with Crippen molar-refractivity contribution in [2.45, 2.75) is 13.3 Å². The number of fused-ring (bicyclic) bond motifs is 1. The number of pyridine rings is 2. The van der Waals surface area contributed by atoms with Crippen molar-refractivity contribution in [2.24, 2.45) is 0 Å². The number of hydrogen-bond donors (Lipinski definition) is 0. The highest BCUT2D eigenvalue weighted by atomic mass is 16.1. The Morgan fingerprint density at radius 1 is 1.05 bits per heavy atom. The van der Waals surface area contributed by atoms with Gasteiger partial charge >= 0.3 is 0 Å². The maximum atomic E-state index is 12.3. The van der Waals surface area contributed by atoms with Gasteiger partial charge in [-0.1, -0.05) is 24.3 Å². The highest BCUT2D eigenvalue weighted by molar-refractivity contribution is 5.98. The van der Waals surface area contributed by atoms with E-state index in [0.29, 0.717) is 12.1 Å². The zero-order chi connectivity index (χ0) is 13.9. The molecule has 0 aliphatic heterocycles. The average Bonchev–Trinajstić information content (AvgIpc) is 2.48. The van der Waals surface area contributed by atoms with Gasteiger partial charge in [-0.2, -0.15) is 0 Å². The minimum atomic E-state index is 0.0290. The Morgan fingerprint density at radius 3 is 2.70 bits per heavy atom. The Bertz CT molecular complexity index is 758. The molecule has 0 unspecified atom stereocenters. The van der Waals surface area contributed by atoms with Crippen molar-refractivity contribution in [1.82, 2.24) is 9.97 Å². The van der Waals surface area contributed by atoms with Gasteiger partial charge in [0.05, 0.1) is 5.52 Å². The summed E-state index contributed by atoms with van der Waals surface area (Å²) >= 11 is 0. The molecule has 98 valence electrons. The summed E-state index contributed by atoms with van der Waals surface area (Å²) in [5, 5.41) is 1.02. The van der Waals surface area contributed by atoms with Crippen molar-refractivity contribution in [2.75, 3.05) is 0 Å². The molecule has 0 atom stereocenters. The molecule has 0 radical (unpaired) electrons. The number of aryl methyl sites for hydroxylation is 1. The maximum absolute atomic E-state index is 12.3. The van der Waals surface area contributed by atoms with Crippen molar-refractivity contribution >= 4 is 16.7 Å². The summed E-state index contributed by atoms with van der Waals surface area (Å²) in [6.07, 6.45) is 3.81. The second-order valence-electron chi connectivity index (χ2n) is 4.81. The minimum Gasteiger partial charge on any atom is -0.292 e. The lowest BCUT2D eigenvalue weighted by molar-refractivity contribution is 0.0988. The molecule has 0 aliphatic rings. The molecule has 0 saturated heterocycles. The number of hydrogen-bond acceptors (Lipinski definition) is 3. The van der Waals surface area contributed by atoms with Crippen LogP contribution < -0.4 is 0 Å². The lowest BCUT2D eigenvalue weighted by Gasteiger charge is -2.05. The molecular formula is C17H14N2O. The lowest BCUT2D eigenvalue weighted by atomic mass is 10.0. The summed E-state index contributed by atoms with van der Waals surface area (Å²) in [6, 6.07) is 13.4. The SMILES string of the molecule is Cc1ccc(C(=O)Cc2ccnc3ccccc23)nc1. The van der Waals surface area contributed by atoms with Crippen LogP contribution in [0.1, 0.15) is 21.6 Å². The van der Waals surface area contributed by atoms with Crippen LogP contribution in [0.2, 0.25) is 0 Å². The first kappa shape index (κ1) is 12.5. The largest absolute Gasteiger partial charge is 0.292 e. The fourth-order valence-corrected chi connectivity index (χ4v) is 2.21. The summed E-state index contributed by atoms with van der Waals surface area (Å²) in [6.45, 7) is 1.96. The number of carbonyl (C=O) groups is 1. The Balaban J connectivity index is 1.93. The lowest BCUT2D eigenvalue weighted by Crippen LogP contribution is -2.06. The number of ketones is 1. The first-order chi connectivity index (χ1) is 9.74. The number of benzene rings is 1. The summed E-state index contributed by atoms with van der Waals surface area (Å²) in [4.78, 5) is 20.8. The molecule has 20 heavy (non-hydrogen) atoms. The average molecular weight is 262 g/mol. The second-order valence-corrected chi connectivity index (χ2v) is 4.81. The van der Waals surface area contributed by atoms with E-state index in [9.17, 15) is 4.79 Å². The molecule has 2 heterocycles. The standard InChI is InChI=1S/C17H14N2O/c1-12-6-7-16(19-11-12)17(20)10-13-8-9-18-15-5-3-2-4-14(13)15/h2-9,11H,10H2,1H3. The molecule has 0 amide bonds. The highest BCUT2D eigenvalue weighted by Gasteiger charge is 2.10. The van der Waals surface area contributed by atoms with Gasteiger partial charge in [0.2, 0.25) is 0 Å². The molecule has 0 bridgehead atoms. The molecule has 1 aromatic carbocycles. The molecule has 3 nitrogen and oxygen atoms in total. The summed E-state index contributed by atoms with van der Waals surface area (Å²) < 4.78 is 0. The van der Waals surface area contributed by atoms with Gasteiger partial charge in [-0.15, -0.1) is 0 Å². The highest BCUT2D eigenvalue weighted by Crippen LogP contribution is 2.17. The number of para-hydroxylation sites is 1. The summed E-state index contributed by atoms with van der Waals surface area (Å²) in [5.74, 6) is 0.0290. The van der Waals surface area contributed by atoms with Crippen LogP contribution in [0.3, 0.4) is 0 Å². The summed E-state index contributed by atoms with van der Waals surface area (Å²) in [5.41, 5.74) is 3.46. The van der Waals surface area contributed by atoms with Gasteiger partial charge < -0.3 is 0 Å². The number of rotatable bonds is 3. The van der Waals surface area contributed by atoms with Gasteiger partial charge in [-0.25, -0.2) is 0 Å². The van der Waals surface area contributed by atoms with Crippen molar-refractivity contribution < 1.29 is 4.79 Å². The molecule has 2 aromatic heterocycles. The number of carbonyl (C=O) groups excluding carboxylic acids is 1. The van der Waals surface area contributed by atoms with Gasteiger partial charge in [0.25, 0.3) is 0 Å². The fourth-order valence-electron chi connectivity index (χ4n) is 2.21. The van der Waals surface area contributed by atoms with Crippen LogP contribution in [0, 0.1) is 6.92 Å². The number of nitrogens with zero attached hydrogens (tertiary/aromatic N) is 2. The van der Waals surface area contributed by atoms with Crippen molar-refractivity contribution in [3.8, 4) is 0 Å². The fraction of sp³-hybridized carbons (Fsp3) is 0.118. The van der Waals surface area contributed by atoms with Crippen LogP contribution in [0.5, 0.6) is 0 Å². The summed E-state index contributed by atoms with van der Waals surface area (Å²) in [7, 11) is 0. The van der Waals surface area contributed by atoms with E-state index in [-0.39, 0.29) is 5.78 Å². The molecule has 3 heteroatoms. The first-order valence-electron chi connectivity index (χ1n) is 6.52. The predicted molar refractivity (Wildman–Crippen MR) is 78.8 cm³/mol. The van der Waals surface area contributed by atoms with E-state index in [1.54, 1.807) is 18.5 Å². The Labute approximate surface area is 117 Å². The molecule has 3 aromatic rings. The third-order valence-electron chi connectivity index (χ3n) is 3.29. The molecule has 0 aliphatic carbocycles. The quantitative estimate of drug-likeness (QED) is 0.680.